The Kier molecular flexibility index (Phi) is 5.73. The number of hydrogen-bond donors (Lipinski definition) is 4. The minimum Gasteiger partial charge on any atom is -0.394 e. The summed E-state index contributed by atoms with van der Waals surface area (Å²) in [7, 11) is 0. The van der Waals surface area contributed by atoms with E-state index in [1.54, 1.807) is 0 Å². The molecule has 0 bridgehead atoms. The summed E-state index contributed by atoms with van der Waals surface area (Å²) >= 11 is 0. The molecule has 94 valence electrons. The summed E-state index contributed by atoms with van der Waals surface area (Å²) in [4.78, 5) is 11.9. The maximum absolute atomic E-state index is 11.9. The molecule has 16 heavy (non-hydrogen) atoms. The van der Waals surface area contributed by atoms with Crippen LogP contribution in [0.2, 0.25) is 0 Å². The van der Waals surface area contributed by atoms with Crippen molar-refractivity contribution in [3.8, 4) is 0 Å². The van der Waals surface area contributed by atoms with Crippen molar-refractivity contribution >= 4 is 5.91 Å². The molecule has 5 nitrogen and oxygen atoms in total. The van der Waals surface area contributed by atoms with Gasteiger partial charge in [-0.2, -0.15) is 0 Å². The van der Waals surface area contributed by atoms with Gasteiger partial charge in [0, 0.05) is 5.92 Å². The zero-order valence-corrected chi connectivity index (χ0v) is 9.56. The van der Waals surface area contributed by atoms with Gasteiger partial charge in [0.15, 0.2) is 0 Å². The Labute approximate surface area is 96.0 Å². The number of carbonyl (C=O) groups excluding carboxylic acids is 1. The van der Waals surface area contributed by atoms with Crippen molar-refractivity contribution in [3.63, 3.8) is 0 Å². The SMILES string of the molecule is NCC1CCCCC1C(=O)NC(CO)CO. The van der Waals surface area contributed by atoms with Gasteiger partial charge in [-0.25, -0.2) is 0 Å². The number of amides is 1. The van der Waals surface area contributed by atoms with Gasteiger partial charge in [-0.3, -0.25) is 4.79 Å². The monoisotopic (exact) mass is 230 g/mol. The van der Waals surface area contributed by atoms with E-state index >= 15 is 0 Å². The highest BCUT2D eigenvalue weighted by atomic mass is 16.3. The Bertz CT molecular complexity index is 219. The molecule has 0 aromatic heterocycles. The molecule has 1 aliphatic rings. The van der Waals surface area contributed by atoms with Crippen LogP contribution in [0.15, 0.2) is 0 Å². The second-order valence-electron chi connectivity index (χ2n) is 4.46. The van der Waals surface area contributed by atoms with Crippen molar-refractivity contribution in [3.05, 3.63) is 0 Å². The molecule has 5 heteroatoms. The van der Waals surface area contributed by atoms with Crippen LogP contribution < -0.4 is 11.1 Å². The predicted molar refractivity (Wildman–Crippen MR) is 60.6 cm³/mol. The van der Waals surface area contributed by atoms with Crippen LogP contribution in [-0.2, 0) is 4.79 Å². The van der Waals surface area contributed by atoms with E-state index < -0.39 is 6.04 Å². The second kappa shape index (κ2) is 6.83. The smallest absolute Gasteiger partial charge is 0.223 e. The summed E-state index contributed by atoms with van der Waals surface area (Å²) in [5, 5.41) is 20.4. The summed E-state index contributed by atoms with van der Waals surface area (Å²) in [6.45, 7) is 0.0610. The van der Waals surface area contributed by atoms with Gasteiger partial charge >= 0.3 is 0 Å². The lowest BCUT2D eigenvalue weighted by atomic mass is 9.78. The molecule has 2 unspecified atom stereocenters. The highest BCUT2D eigenvalue weighted by Crippen LogP contribution is 2.29. The Hall–Kier alpha value is -0.650. The molecule has 1 saturated carbocycles. The van der Waals surface area contributed by atoms with Gasteiger partial charge in [0.05, 0.1) is 19.3 Å². The first-order valence-electron chi connectivity index (χ1n) is 5.95. The zero-order chi connectivity index (χ0) is 12.0. The van der Waals surface area contributed by atoms with Crippen LogP contribution in [0.4, 0.5) is 0 Å². The summed E-state index contributed by atoms with van der Waals surface area (Å²) in [5.74, 6) is 0.106. The largest absolute Gasteiger partial charge is 0.394 e. The Morgan fingerprint density at radius 1 is 1.31 bits per heavy atom. The Morgan fingerprint density at radius 3 is 2.50 bits per heavy atom. The standard InChI is InChI=1S/C11H22N2O3/c12-5-8-3-1-2-4-10(8)11(16)13-9(6-14)7-15/h8-10,14-15H,1-7,12H2,(H,13,16). The molecule has 0 heterocycles. The number of aliphatic hydroxyl groups is 2. The highest BCUT2D eigenvalue weighted by Gasteiger charge is 2.30. The van der Waals surface area contributed by atoms with E-state index in [9.17, 15) is 4.79 Å². The molecule has 1 fully saturated rings. The van der Waals surface area contributed by atoms with Crippen molar-refractivity contribution in [2.24, 2.45) is 17.6 Å². The van der Waals surface area contributed by atoms with E-state index in [1.807, 2.05) is 0 Å². The van der Waals surface area contributed by atoms with Crippen LogP contribution in [0.25, 0.3) is 0 Å². The quantitative estimate of drug-likeness (QED) is 0.498. The topological polar surface area (TPSA) is 95.6 Å². The molecule has 1 rings (SSSR count). The molecule has 0 aromatic carbocycles. The van der Waals surface area contributed by atoms with E-state index in [-0.39, 0.29) is 31.0 Å². The van der Waals surface area contributed by atoms with Gasteiger partial charge in [-0.05, 0) is 25.3 Å². The minimum atomic E-state index is -0.548. The number of nitrogens with two attached hydrogens (primary N) is 1. The van der Waals surface area contributed by atoms with Gasteiger partial charge in [-0.1, -0.05) is 12.8 Å². The lowest BCUT2D eigenvalue weighted by molar-refractivity contribution is -0.129. The molecular formula is C11H22N2O3. The molecule has 0 radical (unpaired) electrons. The maximum atomic E-state index is 11.9. The third-order valence-corrected chi connectivity index (χ3v) is 3.34. The molecule has 1 amide bonds. The lowest BCUT2D eigenvalue weighted by Crippen LogP contribution is -2.46. The van der Waals surface area contributed by atoms with Crippen LogP contribution >= 0.6 is 0 Å². The number of carbonyl (C=O) groups is 1. The fourth-order valence-corrected chi connectivity index (χ4v) is 2.29. The molecule has 2 atom stereocenters. The van der Waals surface area contributed by atoms with Gasteiger partial charge < -0.3 is 21.3 Å². The maximum Gasteiger partial charge on any atom is 0.223 e. The number of aliphatic hydroxyl groups excluding tert-OH is 2. The lowest BCUT2D eigenvalue weighted by Gasteiger charge is -2.30. The number of nitrogens with one attached hydrogen (secondary N) is 1. The number of hydrogen-bond acceptors (Lipinski definition) is 4. The van der Waals surface area contributed by atoms with Crippen molar-refractivity contribution in [1.29, 1.82) is 0 Å². The Balaban J connectivity index is 2.50. The van der Waals surface area contributed by atoms with Crippen molar-refractivity contribution in [1.82, 2.24) is 5.32 Å². The molecule has 0 aliphatic heterocycles. The first kappa shape index (κ1) is 13.4. The van der Waals surface area contributed by atoms with Crippen molar-refractivity contribution < 1.29 is 15.0 Å². The fourth-order valence-electron chi connectivity index (χ4n) is 2.29. The van der Waals surface area contributed by atoms with Gasteiger partial charge in [0.25, 0.3) is 0 Å². The van der Waals surface area contributed by atoms with E-state index in [1.165, 1.54) is 0 Å². The van der Waals surface area contributed by atoms with Crippen LogP contribution in [0.1, 0.15) is 25.7 Å². The van der Waals surface area contributed by atoms with Crippen molar-refractivity contribution in [2.45, 2.75) is 31.7 Å². The minimum absolute atomic E-state index is 0.0562. The summed E-state index contributed by atoms with van der Waals surface area (Å²) < 4.78 is 0. The summed E-state index contributed by atoms with van der Waals surface area (Å²) in [5.41, 5.74) is 5.65. The van der Waals surface area contributed by atoms with E-state index in [0.29, 0.717) is 6.54 Å². The molecule has 1 aliphatic carbocycles. The zero-order valence-electron chi connectivity index (χ0n) is 9.56. The van der Waals surface area contributed by atoms with E-state index in [2.05, 4.69) is 5.32 Å². The molecule has 0 spiro atoms. The molecule has 0 saturated heterocycles. The molecule has 0 aromatic rings. The molecular weight excluding hydrogens is 208 g/mol. The Morgan fingerprint density at radius 2 is 1.94 bits per heavy atom. The number of rotatable bonds is 5. The van der Waals surface area contributed by atoms with E-state index in [0.717, 1.165) is 25.7 Å². The van der Waals surface area contributed by atoms with Crippen LogP contribution in [0.3, 0.4) is 0 Å². The first-order chi connectivity index (χ1) is 7.72. The third kappa shape index (κ3) is 3.43. The van der Waals surface area contributed by atoms with Gasteiger partial charge in [0.1, 0.15) is 0 Å². The average molecular weight is 230 g/mol. The first-order valence-corrected chi connectivity index (χ1v) is 5.95. The van der Waals surface area contributed by atoms with Crippen LogP contribution in [0, 0.1) is 11.8 Å². The fraction of sp³-hybridized carbons (Fsp3) is 0.909. The summed E-state index contributed by atoms with van der Waals surface area (Å²) in [6, 6.07) is -0.548. The van der Waals surface area contributed by atoms with Gasteiger partial charge in [0.2, 0.25) is 5.91 Å². The third-order valence-electron chi connectivity index (χ3n) is 3.34. The van der Waals surface area contributed by atoms with Crippen LogP contribution in [-0.4, -0.2) is 41.9 Å². The second-order valence-corrected chi connectivity index (χ2v) is 4.46. The summed E-state index contributed by atoms with van der Waals surface area (Å²) in [6.07, 6.45) is 4.04. The van der Waals surface area contributed by atoms with Crippen molar-refractivity contribution in [2.75, 3.05) is 19.8 Å². The highest BCUT2D eigenvalue weighted by molar-refractivity contribution is 5.79. The predicted octanol–water partition coefficient (Wildman–Crippen LogP) is -0.779. The molecule has 5 N–H and O–H groups in total. The van der Waals surface area contributed by atoms with E-state index in [4.69, 9.17) is 15.9 Å². The average Bonchev–Trinajstić information content (AvgIpc) is 2.35. The van der Waals surface area contributed by atoms with Crippen LogP contribution in [0.5, 0.6) is 0 Å². The normalized spacial score (nSPS) is 25.8. The van der Waals surface area contributed by atoms with Gasteiger partial charge in [-0.15, -0.1) is 0 Å².